The fourth-order valence-electron chi connectivity index (χ4n) is 7.83. The van der Waals surface area contributed by atoms with E-state index in [0.717, 1.165) is 49.6 Å². The first-order chi connectivity index (χ1) is 25.9. The average molecular weight is 855 g/mol. The van der Waals surface area contributed by atoms with E-state index in [2.05, 4.69) is 102 Å². The van der Waals surface area contributed by atoms with Crippen molar-refractivity contribution in [2.24, 2.45) is 11.8 Å². The van der Waals surface area contributed by atoms with Crippen molar-refractivity contribution in [2.45, 2.75) is 197 Å². The van der Waals surface area contributed by atoms with E-state index in [9.17, 15) is 8.42 Å². The van der Waals surface area contributed by atoms with Crippen LogP contribution in [0.5, 0.6) is 0 Å². The van der Waals surface area contributed by atoms with E-state index in [1.807, 2.05) is 6.07 Å². The zero-order valence-electron chi connectivity index (χ0n) is 38.2. The maximum Gasteiger partial charge on any atom is 0.192 e. The van der Waals surface area contributed by atoms with Crippen LogP contribution in [0.3, 0.4) is 0 Å². The van der Waals surface area contributed by atoms with E-state index >= 15 is 0 Å². The smallest absolute Gasteiger partial charge is 0.192 e. The van der Waals surface area contributed by atoms with Crippen molar-refractivity contribution in [2.75, 3.05) is 26.1 Å². The van der Waals surface area contributed by atoms with Crippen LogP contribution in [0, 0.1) is 11.8 Å². The molecule has 12 heteroatoms. The third-order valence-electron chi connectivity index (χ3n) is 14.1. The Morgan fingerprint density at radius 3 is 2.00 bits per heavy atom. The van der Waals surface area contributed by atoms with Crippen molar-refractivity contribution in [1.82, 2.24) is 0 Å². The second kappa shape index (κ2) is 20.3. The van der Waals surface area contributed by atoms with Gasteiger partial charge in [0.2, 0.25) is 0 Å². The fraction of sp³-hybridized carbons (Fsp3) is 0.818. The lowest BCUT2D eigenvalue weighted by Crippen LogP contribution is -2.49. The average Bonchev–Trinajstić information content (AvgIpc) is 3.42. The van der Waals surface area contributed by atoms with Gasteiger partial charge in [0.15, 0.2) is 34.8 Å². The molecular formula is C44H82O8SSi3. The van der Waals surface area contributed by atoms with Gasteiger partial charge < -0.3 is 27.5 Å². The molecule has 0 aromatic heterocycles. The maximum atomic E-state index is 14.1. The molecule has 1 aromatic rings. The third kappa shape index (κ3) is 12.9. The summed E-state index contributed by atoms with van der Waals surface area (Å²) in [5.41, 5.74) is 1.06. The van der Waals surface area contributed by atoms with Crippen LogP contribution in [0.2, 0.25) is 54.4 Å². The Kier molecular flexibility index (Phi) is 18.0. The number of rotatable bonds is 21. The minimum Gasteiger partial charge on any atom is -0.417 e. The number of hydrogen-bond donors (Lipinski definition) is 0. The topological polar surface area (TPSA) is 89.5 Å². The predicted octanol–water partition coefficient (Wildman–Crippen LogP) is 11.2. The van der Waals surface area contributed by atoms with Crippen molar-refractivity contribution in [3.8, 4) is 0 Å². The van der Waals surface area contributed by atoms with Crippen LogP contribution in [0.25, 0.3) is 0 Å². The molecule has 2 aliphatic rings. The van der Waals surface area contributed by atoms with Crippen LogP contribution >= 0.6 is 0 Å². The molecule has 0 radical (unpaired) electrons. The molecule has 3 rings (SSSR count). The summed E-state index contributed by atoms with van der Waals surface area (Å²) in [6, 6.07) is 12.2. The summed E-state index contributed by atoms with van der Waals surface area (Å²) < 4.78 is 68.9. The van der Waals surface area contributed by atoms with Gasteiger partial charge >= 0.3 is 0 Å². The predicted molar refractivity (Wildman–Crippen MR) is 240 cm³/mol. The Morgan fingerprint density at radius 1 is 0.875 bits per heavy atom. The van der Waals surface area contributed by atoms with Gasteiger partial charge in [-0.2, -0.15) is 0 Å². The Balaban J connectivity index is 1.92. The zero-order valence-corrected chi connectivity index (χ0v) is 42.0. The largest absolute Gasteiger partial charge is 0.417 e. The first-order valence-corrected chi connectivity index (χ1v) is 31.6. The molecule has 2 heterocycles. The van der Waals surface area contributed by atoms with Crippen LogP contribution in [-0.2, 0) is 37.3 Å². The van der Waals surface area contributed by atoms with E-state index in [4.69, 9.17) is 27.5 Å². The zero-order chi connectivity index (χ0) is 42.3. The van der Waals surface area contributed by atoms with Gasteiger partial charge in [-0.25, -0.2) is 8.42 Å². The Labute approximate surface area is 346 Å². The van der Waals surface area contributed by atoms with E-state index in [-0.39, 0.29) is 46.2 Å². The van der Waals surface area contributed by atoms with E-state index < -0.39 is 52.9 Å². The lowest BCUT2D eigenvalue weighted by molar-refractivity contribution is -0.0759. The van der Waals surface area contributed by atoms with Crippen molar-refractivity contribution in [3.05, 3.63) is 42.5 Å². The molecule has 0 N–H and O–H groups in total. The van der Waals surface area contributed by atoms with E-state index in [1.165, 1.54) is 0 Å². The van der Waals surface area contributed by atoms with Crippen LogP contribution in [0.4, 0.5) is 0 Å². The summed E-state index contributed by atoms with van der Waals surface area (Å²) in [6.45, 7) is 37.4. The highest BCUT2D eigenvalue weighted by atomic mass is 32.2. The molecule has 2 saturated heterocycles. The maximum absolute atomic E-state index is 14.1. The molecule has 0 bridgehead atoms. The highest BCUT2D eigenvalue weighted by molar-refractivity contribution is 7.91. The highest BCUT2D eigenvalue weighted by Crippen LogP contribution is 2.43. The van der Waals surface area contributed by atoms with Gasteiger partial charge in [0.1, 0.15) is 0 Å². The molecule has 5 unspecified atom stereocenters. The minimum absolute atomic E-state index is 0.000640. The number of hydrogen-bond acceptors (Lipinski definition) is 8. The normalized spacial score (nSPS) is 26.5. The van der Waals surface area contributed by atoms with E-state index in [1.54, 1.807) is 31.4 Å². The van der Waals surface area contributed by atoms with Crippen molar-refractivity contribution in [3.63, 3.8) is 0 Å². The molecule has 56 heavy (non-hydrogen) atoms. The summed E-state index contributed by atoms with van der Waals surface area (Å²) in [6.07, 6.45) is 2.22. The molecule has 0 amide bonds. The molecule has 8 atom stereocenters. The number of benzene rings is 1. The van der Waals surface area contributed by atoms with Gasteiger partial charge in [0.05, 0.1) is 53.9 Å². The molecule has 324 valence electrons. The molecule has 0 aliphatic carbocycles. The molecule has 8 nitrogen and oxygen atoms in total. The Bertz CT molecular complexity index is 1460. The van der Waals surface area contributed by atoms with Gasteiger partial charge in [0.25, 0.3) is 0 Å². The first kappa shape index (κ1) is 49.7. The van der Waals surface area contributed by atoms with Crippen LogP contribution in [0.15, 0.2) is 47.4 Å². The summed E-state index contributed by atoms with van der Waals surface area (Å²) in [5.74, 6) is -0.217. The minimum atomic E-state index is -3.65. The van der Waals surface area contributed by atoms with Gasteiger partial charge in [-0.3, -0.25) is 0 Å². The van der Waals surface area contributed by atoms with Crippen LogP contribution in [0.1, 0.15) is 101 Å². The summed E-state index contributed by atoms with van der Waals surface area (Å²) >= 11 is 0. The molecule has 1 aromatic carbocycles. The quantitative estimate of drug-likeness (QED) is 0.0686. The first-order valence-electron chi connectivity index (χ1n) is 21.6. The third-order valence-corrected chi connectivity index (χ3v) is 29.6. The summed E-state index contributed by atoms with van der Waals surface area (Å²) in [7, 11) is -7.92. The Hall–Kier alpha value is -0.679. The number of sulfone groups is 1. The molecule has 2 fully saturated rings. The highest BCUT2D eigenvalue weighted by Gasteiger charge is 2.50. The number of ether oxygens (including phenoxy) is 3. The van der Waals surface area contributed by atoms with Crippen LogP contribution in [-0.4, -0.2) is 96.1 Å². The van der Waals surface area contributed by atoms with Crippen molar-refractivity contribution >= 4 is 34.8 Å². The lowest BCUT2D eigenvalue weighted by atomic mass is 9.83. The second-order valence-corrected chi connectivity index (χ2v) is 36.3. The molecule has 0 spiro atoms. The van der Waals surface area contributed by atoms with Crippen molar-refractivity contribution in [1.29, 1.82) is 0 Å². The standard InChI is InChI=1S/C44H82O8SSi3/c1-17-56(18-2,19-3)48-27-23-24-35-28-33(4)34(5)39(50-35)30-40-38(32-53(45,46)37-25-21-20-22-26-37)42(47-12)41(51-40)29-36(52-55(15,16)44(9,10)11)31-49-54(13,14)43(6,7)8/h20-22,25-26,33,35-36,38-42H,5,17-19,23-24,27-32H2,1-4,6-16H3/t33-,35?,36?,38?,39?,40?,41-,42-/m1/s1. The van der Waals surface area contributed by atoms with Gasteiger partial charge in [-0.05, 0) is 97.3 Å². The monoisotopic (exact) mass is 855 g/mol. The van der Waals surface area contributed by atoms with E-state index in [0.29, 0.717) is 24.3 Å². The van der Waals surface area contributed by atoms with Crippen molar-refractivity contribution < 1.29 is 35.9 Å². The second-order valence-electron chi connectivity index (χ2n) is 19.9. The van der Waals surface area contributed by atoms with Gasteiger partial charge in [-0.1, -0.05) is 94.0 Å². The number of methoxy groups -OCH3 is 1. The summed E-state index contributed by atoms with van der Waals surface area (Å²) in [4.78, 5) is 0.314. The van der Waals surface area contributed by atoms with Crippen LogP contribution < -0.4 is 0 Å². The van der Waals surface area contributed by atoms with Gasteiger partial charge in [0, 0.05) is 32.5 Å². The lowest BCUT2D eigenvalue weighted by Gasteiger charge is -2.42. The molecule has 2 aliphatic heterocycles. The Morgan fingerprint density at radius 2 is 1.46 bits per heavy atom. The molecule has 0 saturated carbocycles. The summed E-state index contributed by atoms with van der Waals surface area (Å²) in [5, 5.41) is 0.0477. The SMILES string of the molecule is C=C1C(CC2O[C@H](CC(CO[Si](C)(C)C(C)(C)C)O[Si](C)(C)C(C)(C)C)[C@H](OC)C2CS(=O)(=O)c2ccccc2)OC(CCCO[Si](CC)(CC)CC)C[C@H]1C. The fourth-order valence-corrected chi connectivity index (χ4v) is 14.6. The molecular weight excluding hydrogens is 773 g/mol. The van der Waals surface area contributed by atoms with Gasteiger partial charge in [-0.15, -0.1) is 0 Å².